The predicted molar refractivity (Wildman–Crippen MR) is 91.1 cm³/mol. The second-order valence-corrected chi connectivity index (χ2v) is 7.05. The summed E-state index contributed by atoms with van der Waals surface area (Å²) >= 11 is 0. The molecule has 2 aliphatic rings. The van der Waals surface area contributed by atoms with Gasteiger partial charge in [-0.15, -0.1) is 0 Å². The zero-order chi connectivity index (χ0) is 17.0. The maximum atomic E-state index is 13.5. The van der Waals surface area contributed by atoms with Crippen molar-refractivity contribution < 1.29 is 13.9 Å². The van der Waals surface area contributed by atoms with Gasteiger partial charge in [0.1, 0.15) is 12.4 Å². The number of carbonyl (C=O) groups is 1. The van der Waals surface area contributed by atoms with E-state index in [-0.39, 0.29) is 23.9 Å². The number of rotatable bonds is 4. The Bertz CT molecular complexity index is 580. The van der Waals surface area contributed by atoms with Crippen molar-refractivity contribution in [2.75, 3.05) is 33.4 Å². The van der Waals surface area contributed by atoms with E-state index in [1.165, 1.54) is 18.9 Å². The number of methoxy groups -OCH3 is 1. The van der Waals surface area contributed by atoms with Crippen LogP contribution in [0.2, 0.25) is 0 Å². The summed E-state index contributed by atoms with van der Waals surface area (Å²) in [4.78, 5) is 16.6. The van der Waals surface area contributed by atoms with Gasteiger partial charge in [-0.05, 0) is 56.3 Å². The third kappa shape index (κ3) is 3.78. The highest BCUT2D eigenvalue weighted by Gasteiger charge is 2.41. The minimum absolute atomic E-state index is 0.0872. The van der Waals surface area contributed by atoms with Gasteiger partial charge in [0, 0.05) is 32.3 Å². The van der Waals surface area contributed by atoms with Gasteiger partial charge in [-0.3, -0.25) is 9.69 Å². The molecule has 1 aromatic rings. The first kappa shape index (κ1) is 17.4. The number of amides is 1. The zero-order valence-corrected chi connectivity index (χ0v) is 14.5. The number of ether oxygens (including phenoxy) is 1. The van der Waals surface area contributed by atoms with Crippen LogP contribution in [0.5, 0.6) is 0 Å². The van der Waals surface area contributed by atoms with Crippen LogP contribution in [0.1, 0.15) is 37.7 Å². The fourth-order valence-corrected chi connectivity index (χ4v) is 4.31. The smallest absolute Gasteiger partial charge is 0.248 e. The van der Waals surface area contributed by atoms with Crippen molar-refractivity contribution >= 4 is 5.91 Å². The molecule has 1 aromatic carbocycles. The second kappa shape index (κ2) is 7.62. The van der Waals surface area contributed by atoms with Gasteiger partial charge in [0.25, 0.3) is 0 Å². The van der Waals surface area contributed by atoms with E-state index in [2.05, 4.69) is 4.90 Å². The van der Waals surface area contributed by atoms with Crippen molar-refractivity contribution in [1.82, 2.24) is 9.80 Å². The Labute approximate surface area is 143 Å². The summed E-state index contributed by atoms with van der Waals surface area (Å²) in [6.07, 6.45) is 5.49. The molecule has 1 atom stereocenters. The van der Waals surface area contributed by atoms with E-state index < -0.39 is 0 Å². The number of nitrogens with zero attached hydrogens (tertiary/aromatic N) is 2. The highest BCUT2D eigenvalue weighted by atomic mass is 19.1. The van der Waals surface area contributed by atoms with Gasteiger partial charge in [-0.2, -0.15) is 0 Å². The van der Waals surface area contributed by atoms with Crippen LogP contribution < -0.4 is 0 Å². The number of likely N-dealkylation sites (tertiary alicyclic amines) is 2. The lowest BCUT2D eigenvalue weighted by Gasteiger charge is -2.38. The number of benzene rings is 1. The van der Waals surface area contributed by atoms with Crippen molar-refractivity contribution in [3.05, 3.63) is 35.6 Å². The highest BCUT2D eigenvalue weighted by molar-refractivity contribution is 5.77. The van der Waals surface area contributed by atoms with Crippen molar-refractivity contribution in [3.63, 3.8) is 0 Å². The average molecular weight is 334 g/mol. The molecule has 0 aromatic heterocycles. The maximum Gasteiger partial charge on any atom is 0.248 e. The number of carbonyl (C=O) groups excluding carboxylic acids is 1. The first-order valence-corrected chi connectivity index (χ1v) is 8.89. The molecule has 2 heterocycles. The summed E-state index contributed by atoms with van der Waals surface area (Å²) in [5.74, 6) is -0.0813. The fourth-order valence-electron chi connectivity index (χ4n) is 4.31. The van der Waals surface area contributed by atoms with Crippen molar-refractivity contribution in [2.45, 2.75) is 44.2 Å². The maximum absolute atomic E-state index is 13.5. The summed E-state index contributed by atoms with van der Waals surface area (Å²) in [7, 11) is 1.56. The molecular weight excluding hydrogens is 307 g/mol. The molecule has 0 radical (unpaired) electrons. The summed E-state index contributed by atoms with van der Waals surface area (Å²) in [6, 6.07) is 6.91. The lowest BCUT2D eigenvalue weighted by Crippen LogP contribution is -2.44. The first-order chi connectivity index (χ1) is 11.6. The lowest BCUT2D eigenvalue weighted by atomic mass is 9.87. The van der Waals surface area contributed by atoms with Crippen molar-refractivity contribution in [3.8, 4) is 0 Å². The zero-order valence-electron chi connectivity index (χ0n) is 14.5. The normalized spacial score (nSPS) is 25.2. The number of hydrogen-bond donors (Lipinski definition) is 0. The van der Waals surface area contributed by atoms with Crippen LogP contribution in [0.4, 0.5) is 4.39 Å². The Morgan fingerprint density at radius 1 is 1.21 bits per heavy atom. The van der Waals surface area contributed by atoms with Gasteiger partial charge in [0.2, 0.25) is 5.91 Å². The van der Waals surface area contributed by atoms with E-state index in [1.54, 1.807) is 19.2 Å². The Morgan fingerprint density at radius 3 is 2.75 bits per heavy atom. The SMILES string of the molecule is COCC(=O)N1CCCC2(CCCN2Cc2cccc(F)c2)CC1. The third-order valence-corrected chi connectivity index (χ3v) is 5.54. The Balaban J connectivity index is 1.68. The third-order valence-electron chi connectivity index (χ3n) is 5.54. The summed E-state index contributed by atoms with van der Waals surface area (Å²) in [5, 5.41) is 0. The first-order valence-electron chi connectivity index (χ1n) is 8.89. The number of halogens is 1. The van der Waals surface area contributed by atoms with Gasteiger partial charge in [-0.1, -0.05) is 12.1 Å². The minimum atomic E-state index is -0.169. The molecular formula is C19H27FN2O2. The van der Waals surface area contributed by atoms with E-state index in [0.717, 1.165) is 51.0 Å². The predicted octanol–water partition coefficient (Wildman–Crippen LogP) is 2.82. The molecule has 132 valence electrons. The average Bonchev–Trinajstić information content (AvgIpc) is 2.79. The highest BCUT2D eigenvalue weighted by Crippen LogP contribution is 2.39. The van der Waals surface area contributed by atoms with Gasteiger partial charge in [0.15, 0.2) is 0 Å². The monoisotopic (exact) mass is 334 g/mol. The van der Waals surface area contributed by atoms with E-state index in [9.17, 15) is 9.18 Å². The van der Waals surface area contributed by atoms with Crippen LogP contribution in [0, 0.1) is 5.82 Å². The molecule has 24 heavy (non-hydrogen) atoms. The Morgan fingerprint density at radius 2 is 2.00 bits per heavy atom. The quantitative estimate of drug-likeness (QED) is 0.849. The van der Waals surface area contributed by atoms with Crippen LogP contribution in [-0.2, 0) is 16.1 Å². The van der Waals surface area contributed by atoms with Crippen LogP contribution in [-0.4, -0.2) is 54.6 Å². The van der Waals surface area contributed by atoms with Crippen molar-refractivity contribution in [1.29, 1.82) is 0 Å². The molecule has 1 amide bonds. The molecule has 5 heteroatoms. The topological polar surface area (TPSA) is 32.8 Å². The molecule has 0 saturated carbocycles. The van der Waals surface area contributed by atoms with Gasteiger partial charge >= 0.3 is 0 Å². The Kier molecular flexibility index (Phi) is 5.51. The van der Waals surface area contributed by atoms with Crippen molar-refractivity contribution in [2.24, 2.45) is 0 Å². The molecule has 1 unspecified atom stereocenters. The van der Waals surface area contributed by atoms with E-state index in [0.29, 0.717) is 0 Å². The van der Waals surface area contributed by atoms with Crippen LogP contribution in [0.15, 0.2) is 24.3 Å². The van der Waals surface area contributed by atoms with Crippen LogP contribution in [0.25, 0.3) is 0 Å². The number of hydrogen-bond acceptors (Lipinski definition) is 3. The molecule has 0 aliphatic carbocycles. The molecule has 0 N–H and O–H groups in total. The Hall–Kier alpha value is -1.46. The standard InChI is InChI=1S/C19H27FN2O2/c1-24-15-18(23)21-10-3-7-19(9-12-21)8-4-11-22(19)14-16-5-2-6-17(20)13-16/h2,5-6,13H,3-4,7-12,14-15H2,1H3. The van der Waals surface area contributed by atoms with E-state index in [1.807, 2.05) is 11.0 Å². The van der Waals surface area contributed by atoms with Crippen LogP contribution in [0.3, 0.4) is 0 Å². The summed E-state index contributed by atoms with van der Waals surface area (Å²) < 4.78 is 18.5. The van der Waals surface area contributed by atoms with Gasteiger partial charge in [-0.25, -0.2) is 4.39 Å². The molecule has 3 rings (SSSR count). The molecule has 2 fully saturated rings. The summed E-state index contributed by atoms with van der Waals surface area (Å²) in [6.45, 7) is 3.63. The van der Waals surface area contributed by atoms with Gasteiger partial charge in [0.05, 0.1) is 0 Å². The van der Waals surface area contributed by atoms with E-state index >= 15 is 0 Å². The van der Waals surface area contributed by atoms with Crippen LogP contribution >= 0.6 is 0 Å². The molecule has 2 saturated heterocycles. The van der Waals surface area contributed by atoms with Gasteiger partial charge < -0.3 is 9.64 Å². The summed E-state index contributed by atoms with van der Waals surface area (Å²) in [5.41, 5.74) is 1.20. The molecule has 1 spiro atoms. The van der Waals surface area contributed by atoms with E-state index in [4.69, 9.17) is 4.74 Å². The molecule has 0 bridgehead atoms. The second-order valence-electron chi connectivity index (χ2n) is 7.05. The lowest BCUT2D eigenvalue weighted by molar-refractivity contribution is -0.135. The molecule has 4 nitrogen and oxygen atoms in total. The fraction of sp³-hybridized carbons (Fsp3) is 0.632. The minimum Gasteiger partial charge on any atom is -0.375 e. The molecule has 2 aliphatic heterocycles. The largest absolute Gasteiger partial charge is 0.375 e.